The second-order valence-electron chi connectivity index (χ2n) is 5.19. The molecule has 3 N–H and O–H groups in total. The molecule has 0 radical (unpaired) electrons. The van der Waals surface area contributed by atoms with Gasteiger partial charge in [-0.05, 0) is 56.7 Å². The van der Waals surface area contributed by atoms with Crippen molar-refractivity contribution in [3.63, 3.8) is 0 Å². The zero-order valence-electron chi connectivity index (χ0n) is 10.8. The van der Waals surface area contributed by atoms with Crippen LogP contribution < -0.4 is 11.1 Å². The fourth-order valence-corrected chi connectivity index (χ4v) is 4.63. The number of amides is 1. The average molecular weight is 410 g/mol. The van der Waals surface area contributed by atoms with Gasteiger partial charge in [-0.25, -0.2) is 0 Å². The Morgan fingerprint density at radius 2 is 2.32 bits per heavy atom. The van der Waals surface area contributed by atoms with E-state index in [0.717, 1.165) is 27.5 Å². The molecule has 1 heterocycles. The van der Waals surface area contributed by atoms with Crippen LogP contribution in [0.3, 0.4) is 0 Å². The lowest BCUT2D eigenvalue weighted by atomic mass is 9.73. The minimum Gasteiger partial charge on any atom is -0.344 e. The number of carbonyl (C=O) groups excluding carboxylic acids is 1. The monoisotopic (exact) mass is 408 g/mol. The van der Waals surface area contributed by atoms with E-state index >= 15 is 0 Å². The summed E-state index contributed by atoms with van der Waals surface area (Å²) in [6.45, 7) is 2.69. The molecule has 6 heteroatoms. The van der Waals surface area contributed by atoms with Gasteiger partial charge in [0.1, 0.15) is 0 Å². The number of thiophene rings is 1. The molecule has 1 aliphatic carbocycles. The molecule has 1 amide bonds. The molecule has 106 valence electrons. The van der Waals surface area contributed by atoms with Gasteiger partial charge in [-0.15, -0.1) is 11.3 Å². The number of nitrogens with two attached hydrogens (primary N) is 1. The lowest BCUT2D eigenvalue weighted by Crippen LogP contribution is -2.59. The molecule has 0 spiro atoms. The zero-order chi connectivity index (χ0) is 14.0. The second kappa shape index (κ2) is 6.24. The first-order valence-electron chi connectivity index (χ1n) is 6.46. The summed E-state index contributed by atoms with van der Waals surface area (Å²) in [7, 11) is 0. The molecule has 0 saturated heterocycles. The van der Waals surface area contributed by atoms with Gasteiger partial charge in [-0.2, -0.15) is 0 Å². The molecule has 1 aromatic heterocycles. The average Bonchev–Trinajstić information content (AvgIpc) is 2.73. The highest BCUT2D eigenvalue weighted by atomic mass is 79.9. The summed E-state index contributed by atoms with van der Waals surface area (Å²) in [4.78, 5) is 13.1. The van der Waals surface area contributed by atoms with Crippen molar-refractivity contribution in [3.8, 4) is 0 Å². The van der Waals surface area contributed by atoms with Gasteiger partial charge in [0.05, 0.1) is 14.2 Å². The van der Waals surface area contributed by atoms with Crippen molar-refractivity contribution in [2.24, 2.45) is 11.7 Å². The Kier molecular flexibility index (Phi) is 5.09. The van der Waals surface area contributed by atoms with E-state index < -0.39 is 0 Å². The summed E-state index contributed by atoms with van der Waals surface area (Å²) < 4.78 is 1.86. The highest BCUT2D eigenvalue weighted by molar-refractivity contribution is 9.13. The lowest BCUT2D eigenvalue weighted by molar-refractivity contribution is 0.0817. The molecule has 1 aliphatic rings. The molecule has 0 aromatic carbocycles. The van der Waals surface area contributed by atoms with Gasteiger partial charge in [0.2, 0.25) is 0 Å². The van der Waals surface area contributed by atoms with Gasteiger partial charge in [0.15, 0.2) is 0 Å². The fraction of sp³-hybridized carbons (Fsp3) is 0.615. The Hall–Kier alpha value is 0.0900. The van der Waals surface area contributed by atoms with Crippen LogP contribution in [0.25, 0.3) is 0 Å². The first kappa shape index (κ1) is 15.5. The van der Waals surface area contributed by atoms with E-state index in [4.69, 9.17) is 5.73 Å². The van der Waals surface area contributed by atoms with Crippen LogP contribution in [0.4, 0.5) is 0 Å². The maximum Gasteiger partial charge on any atom is 0.261 e. The first-order valence-corrected chi connectivity index (χ1v) is 8.86. The van der Waals surface area contributed by atoms with Crippen LogP contribution in [-0.4, -0.2) is 18.0 Å². The van der Waals surface area contributed by atoms with Crippen molar-refractivity contribution in [1.29, 1.82) is 0 Å². The molecule has 1 saturated carbocycles. The molecular weight excluding hydrogens is 392 g/mol. The van der Waals surface area contributed by atoms with E-state index in [1.54, 1.807) is 0 Å². The van der Waals surface area contributed by atoms with Gasteiger partial charge in [0.25, 0.3) is 5.91 Å². The van der Waals surface area contributed by atoms with Crippen LogP contribution >= 0.6 is 43.2 Å². The molecular formula is C13H18Br2N2OS. The minimum absolute atomic E-state index is 0.0180. The third kappa shape index (κ3) is 3.23. The maximum atomic E-state index is 12.4. The highest BCUT2D eigenvalue weighted by Crippen LogP contribution is 2.35. The number of halogens is 2. The van der Waals surface area contributed by atoms with E-state index in [1.807, 2.05) is 6.07 Å². The molecule has 2 unspecified atom stereocenters. The van der Waals surface area contributed by atoms with Crippen molar-refractivity contribution in [1.82, 2.24) is 5.32 Å². The minimum atomic E-state index is -0.238. The Morgan fingerprint density at radius 1 is 1.58 bits per heavy atom. The van der Waals surface area contributed by atoms with Gasteiger partial charge in [0, 0.05) is 11.0 Å². The molecule has 19 heavy (non-hydrogen) atoms. The number of nitrogens with one attached hydrogen (secondary N) is 1. The molecule has 0 aliphatic heterocycles. The normalized spacial score (nSPS) is 27.3. The van der Waals surface area contributed by atoms with Gasteiger partial charge in [-0.1, -0.05) is 19.8 Å². The largest absolute Gasteiger partial charge is 0.344 e. The number of rotatable bonds is 3. The van der Waals surface area contributed by atoms with Crippen LogP contribution in [0, 0.1) is 5.92 Å². The summed E-state index contributed by atoms with van der Waals surface area (Å²) in [5, 5.41) is 3.19. The first-order chi connectivity index (χ1) is 8.98. The Bertz CT molecular complexity index is 458. The standard InChI is InChI=1S/C13H18Br2N2OS/c1-8-4-2-3-5-13(8,7-16)17-12(18)10-6-9(14)11(15)19-10/h6,8H,2-5,7,16H2,1H3,(H,17,18). The second-order valence-corrected chi connectivity index (χ2v) is 8.42. The summed E-state index contributed by atoms with van der Waals surface area (Å²) in [6, 6.07) is 1.85. The SMILES string of the molecule is CC1CCCCC1(CN)NC(=O)c1cc(Br)c(Br)s1. The predicted octanol–water partition coefficient (Wildman–Crippen LogP) is 3.91. The summed E-state index contributed by atoms with van der Waals surface area (Å²) >= 11 is 8.27. The number of hydrogen-bond acceptors (Lipinski definition) is 3. The Morgan fingerprint density at radius 3 is 2.84 bits per heavy atom. The molecule has 2 atom stereocenters. The summed E-state index contributed by atoms with van der Waals surface area (Å²) in [6.07, 6.45) is 4.48. The lowest BCUT2D eigenvalue weighted by Gasteiger charge is -2.42. The van der Waals surface area contributed by atoms with Crippen LogP contribution in [0.5, 0.6) is 0 Å². The summed E-state index contributed by atoms with van der Waals surface area (Å²) in [5.41, 5.74) is 5.72. The van der Waals surface area contributed by atoms with E-state index in [1.165, 1.54) is 17.8 Å². The molecule has 3 nitrogen and oxygen atoms in total. The number of hydrogen-bond donors (Lipinski definition) is 2. The van der Waals surface area contributed by atoms with Gasteiger partial charge < -0.3 is 11.1 Å². The third-order valence-corrected chi connectivity index (χ3v) is 7.30. The van der Waals surface area contributed by atoms with Crippen LogP contribution in [0.2, 0.25) is 0 Å². The van der Waals surface area contributed by atoms with E-state index in [9.17, 15) is 4.79 Å². The van der Waals surface area contributed by atoms with Crippen molar-refractivity contribution in [2.45, 2.75) is 38.1 Å². The van der Waals surface area contributed by atoms with Gasteiger partial charge >= 0.3 is 0 Å². The fourth-order valence-electron chi connectivity index (χ4n) is 2.70. The van der Waals surface area contributed by atoms with Crippen molar-refractivity contribution in [3.05, 3.63) is 19.2 Å². The van der Waals surface area contributed by atoms with Crippen LogP contribution in [0.1, 0.15) is 42.3 Å². The highest BCUT2D eigenvalue weighted by Gasteiger charge is 2.38. The van der Waals surface area contributed by atoms with E-state index in [2.05, 4.69) is 44.1 Å². The molecule has 1 fully saturated rings. The molecule has 1 aromatic rings. The van der Waals surface area contributed by atoms with Crippen LogP contribution in [0.15, 0.2) is 14.3 Å². The number of carbonyl (C=O) groups is 1. The van der Waals surface area contributed by atoms with E-state index in [0.29, 0.717) is 17.3 Å². The maximum absolute atomic E-state index is 12.4. The predicted molar refractivity (Wildman–Crippen MR) is 86.6 cm³/mol. The molecule has 0 bridgehead atoms. The topological polar surface area (TPSA) is 55.1 Å². The Labute approximate surface area is 134 Å². The van der Waals surface area contributed by atoms with Crippen molar-refractivity contribution in [2.75, 3.05) is 6.54 Å². The Balaban J connectivity index is 2.15. The van der Waals surface area contributed by atoms with Gasteiger partial charge in [-0.3, -0.25) is 4.79 Å². The van der Waals surface area contributed by atoms with Crippen molar-refractivity contribution >= 4 is 49.1 Å². The van der Waals surface area contributed by atoms with Crippen molar-refractivity contribution < 1.29 is 4.79 Å². The molecule has 2 rings (SSSR count). The van der Waals surface area contributed by atoms with E-state index in [-0.39, 0.29) is 11.4 Å². The quantitative estimate of drug-likeness (QED) is 0.794. The zero-order valence-corrected chi connectivity index (χ0v) is 14.8. The van der Waals surface area contributed by atoms with Crippen LogP contribution in [-0.2, 0) is 0 Å². The third-order valence-electron chi connectivity index (χ3n) is 4.05. The summed E-state index contributed by atoms with van der Waals surface area (Å²) in [5.74, 6) is 0.414. The smallest absolute Gasteiger partial charge is 0.261 e.